The molecule has 1 rings (SSSR count). The largest absolute Gasteiger partial charge is 0.345 e. The van der Waals surface area contributed by atoms with Crippen molar-refractivity contribution in [1.82, 2.24) is 10.3 Å². The predicted octanol–water partition coefficient (Wildman–Crippen LogP) is 2.14. The van der Waals surface area contributed by atoms with Crippen LogP contribution >= 0.6 is 11.6 Å². The van der Waals surface area contributed by atoms with Gasteiger partial charge in [-0.1, -0.05) is 25.4 Å². The number of nitro groups is 1. The van der Waals surface area contributed by atoms with E-state index in [1.54, 1.807) is 6.92 Å². The average molecular weight is 315 g/mol. The first kappa shape index (κ1) is 17.3. The van der Waals surface area contributed by atoms with E-state index in [1.165, 1.54) is 6.07 Å². The van der Waals surface area contributed by atoms with Crippen molar-refractivity contribution in [2.45, 2.75) is 32.7 Å². The van der Waals surface area contributed by atoms with E-state index in [2.05, 4.69) is 10.3 Å². The summed E-state index contributed by atoms with van der Waals surface area (Å²) in [5.74, 6) is -0.269. The lowest BCUT2D eigenvalue weighted by Crippen LogP contribution is -2.52. The molecular weight excluding hydrogens is 296 g/mol. The Balaban J connectivity index is 3.08. The highest BCUT2D eigenvalue weighted by molar-refractivity contribution is 6.29. The quantitative estimate of drug-likeness (QED) is 0.474. The standard InChI is InChI=1S/C13H19ClN4O3/c1-8(2)5-13(3,7-15)17-12(19)9-4-11(14)16-6-10(9)18(20)21/h4,6,8H,5,7,15H2,1-3H3,(H,17,19). The number of nitrogens with one attached hydrogen (secondary N) is 1. The van der Waals surface area contributed by atoms with E-state index in [9.17, 15) is 14.9 Å². The van der Waals surface area contributed by atoms with Crippen molar-refractivity contribution < 1.29 is 9.72 Å². The van der Waals surface area contributed by atoms with Crippen molar-refractivity contribution in [1.29, 1.82) is 0 Å². The number of carbonyl (C=O) groups is 1. The average Bonchev–Trinajstić information content (AvgIpc) is 2.37. The second-order valence-electron chi connectivity index (χ2n) is 5.60. The summed E-state index contributed by atoms with van der Waals surface area (Å²) in [7, 11) is 0. The van der Waals surface area contributed by atoms with Crippen LogP contribution in [0.5, 0.6) is 0 Å². The van der Waals surface area contributed by atoms with Crippen molar-refractivity contribution >= 4 is 23.2 Å². The van der Waals surface area contributed by atoms with E-state index in [-0.39, 0.29) is 22.9 Å². The van der Waals surface area contributed by atoms with Crippen LogP contribution in [0.2, 0.25) is 5.15 Å². The monoisotopic (exact) mass is 314 g/mol. The van der Waals surface area contributed by atoms with E-state index < -0.39 is 16.4 Å². The number of nitrogens with two attached hydrogens (primary N) is 1. The van der Waals surface area contributed by atoms with E-state index in [0.717, 1.165) is 6.20 Å². The summed E-state index contributed by atoms with van der Waals surface area (Å²) >= 11 is 5.72. The van der Waals surface area contributed by atoms with Crippen LogP contribution in [0.15, 0.2) is 12.3 Å². The lowest BCUT2D eigenvalue weighted by Gasteiger charge is -2.31. The molecule has 1 amide bonds. The Morgan fingerprint density at radius 3 is 2.71 bits per heavy atom. The summed E-state index contributed by atoms with van der Waals surface area (Å²) in [6.07, 6.45) is 1.63. The number of hydrogen-bond acceptors (Lipinski definition) is 5. The summed E-state index contributed by atoms with van der Waals surface area (Å²) in [4.78, 5) is 26.3. The summed E-state index contributed by atoms with van der Waals surface area (Å²) in [6, 6.07) is 1.18. The van der Waals surface area contributed by atoms with Gasteiger partial charge in [-0.3, -0.25) is 14.9 Å². The van der Waals surface area contributed by atoms with Gasteiger partial charge >= 0.3 is 0 Å². The van der Waals surface area contributed by atoms with Crippen molar-refractivity contribution in [3.05, 3.63) is 33.1 Å². The molecule has 1 aromatic heterocycles. The fraction of sp³-hybridized carbons (Fsp3) is 0.538. The van der Waals surface area contributed by atoms with Crippen LogP contribution < -0.4 is 11.1 Å². The van der Waals surface area contributed by atoms with E-state index in [1.807, 2.05) is 13.8 Å². The molecule has 1 atom stereocenters. The van der Waals surface area contributed by atoms with E-state index in [4.69, 9.17) is 17.3 Å². The van der Waals surface area contributed by atoms with Gasteiger partial charge in [0.1, 0.15) is 16.9 Å². The second-order valence-corrected chi connectivity index (χ2v) is 5.99. The fourth-order valence-electron chi connectivity index (χ4n) is 2.18. The molecule has 7 nitrogen and oxygen atoms in total. The predicted molar refractivity (Wildman–Crippen MR) is 80.3 cm³/mol. The van der Waals surface area contributed by atoms with Crippen molar-refractivity contribution in [3.8, 4) is 0 Å². The Hall–Kier alpha value is -1.73. The highest BCUT2D eigenvalue weighted by atomic mass is 35.5. The number of halogens is 1. The Bertz CT molecular complexity index is 550. The maximum atomic E-state index is 12.3. The second kappa shape index (κ2) is 6.82. The number of hydrogen-bond donors (Lipinski definition) is 2. The zero-order valence-corrected chi connectivity index (χ0v) is 13.0. The molecule has 0 bridgehead atoms. The minimum Gasteiger partial charge on any atom is -0.345 e. The number of pyridine rings is 1. The topological polar surface area (TPSA) is 111 Å². The molecule has 116 valence electrons. The molecule has 3 N–H and O–H groups in total. The van der Waals surface area contributed by atoms with Gasteiger partial charge in [0.05, 0.1) is 4.92 Å². The van der Waals surface area contributed by atoms with Crippen LogP contribution in [0.25, 0.3) is 0 Å². The summed E-state index contributed by atoms with van der Waals surface area (Å²) in [6.45, 7) is 6.04. The molecular formula is C13H19ClN4O3. The first-order valence-corrected chi connectivity index (χ1v) is 6.89. The Kier molecular flexibility index (Phi) is 5.62. The molecule has 1 heterocycles. The molecule has 0 aliphatic carbocycles. The van der Waals surface area contributed by atoms with Crippen LogP contribution in [-0.4, -0.2) is 27.9 Å². The minimum absolute atomic E-state index is 0.0176. The van der Waals surface area contributed by atoms with E-state index in [0.29, 0.717) is 12.3 Å². The third-order valence-corrected chi connectivity index (χ3v) is 3.22. The van der Waals surface area contributed by atoms with Gasteiger partial charge < -0.3 is 11.1 Å². The van der Waals surface area contributed by atoms with E-state index >= 15 is 0 Å². The van der Waals surface area contributed by atoms with Crippen molar-refractivity contribution in [3.63, 3.8) is 0 Å². The molecule has 1 unspecified atom stereocenters. The number of aromatic nitrogens is 1. The molecule has 0 aromatic carbocycles. The SMILES string of the molecule is CC(C)CC(C)(CN)NC(=O)c1cc(Cl)ncc1[N+](=O)[O-]. The molecule has 8 heteroatoms. The summed E-state index contributed by atoms with van der Waals surface area (Å²) < 4.78 is 0. The third kappa shape index (κ3) is 4.64. The summed E-state index contributed by atoms with van der Waals surface area (Å²) in [5.41, 5.74) is 4.57. The van der Waals surface area contributed by atoms with Gasteiger partial charge in [0, 0.05) is 12.1 Å². The van der Waals surface area contributed by atoms with Gasteiger partial charge in [-0.15, -0.1) is 0 Å². The lowest BCUT2D eigenvalue weighted by atomic mass is 9.90. The van der Waals surface area contributed by atoms with Crippen LogP contribution in [0, 0.1) is 16.0 Å². The first-order valence-electron chi connectivity index (χ1n) is 6.51. The van der Waals surface area contributed by atoms with Gasteiger partial charge in [-0.25, -0.2) is 4.98 Å². The summed E-state index contributed by atoms with van der Waals surface area (Å²) in [5, 5.41) is 13.7. The molecule has 0 saturated heterocycles. The van der Waals surface area contributed by atoms with Gasteiger partial charge in [-0.05, 0) is 25.3 Å². The zero-order chi connectivity index (χ0) is 16.2. The molecule has 0 fully saturated rings. The Labute approximate surface area is 128 Å². The third-order valence-electron chi connectivity index (χ3n) is 3.02. The molecule has 0 radical (unpaired) electrons. The Morgan fingerprint density at radius 2 is 2.24 bits per heavy atom. The number of rotatable bonds is 6. The van der Waals surface area contributed by atoms with Gasteiger partial charge in [0.15, 0.2) is 0 Å². The zero-order valence-electron chi connectivity index (χ0n) is 12.2. The highest BCUT2D eigenvalue weighted by Crippen LogP contribution is 2.22. The van der Waals surface area contributed by atoms with Gasteiger partial charge in [0.25, 0.3) is 11.6 Å². The van der Waals surface area contributed by atoms with Gasteiger partial charge in [0.2, 0.25) is 0 Å². The smallest absolute Gasteiger partial charge is 0.300 e. The number of carbonyl (C=O) groups excluding carboxylic acids is 1. The highest BCUT2D eigenvalue weighted by Gasteiger charge is 2.29. The molecule has 21 heavy (non-hydrogen) atoms. The molecule has 0 spiro atoms. The molecule has 0 saturated carbocycles. The molecule has 1 aromatic rings. The fourth-order valence-corrected chi connectivity index (χ4v) is 2.34. The maximum Gasteiger partial charge on any atom is 0.300 e. The minimum atomic E-state index is -0.666. The van der Waals surface area contributed by atoms with Gasteiger partial charge in [-0.2, -0.15) is 0 Å². The molecule has 0 aliphatic rings. The van der Waals surface area contributed by atoms with Crippen LogP contribution in [0.4, 0.5) is 5.69 Å². The number of amides is 1. The first-order chi connectivity index (χ1) is 9.68. The molecule has 0 aliphatic heterocycles. The van der Waals surface area contributed by atoms with Crippen molar-refractivity contribution in [2.75, 3.05) is 6.54 Å². The lowest BCUT2D eigenvalue weighted by molar-refractivity contribution is -0.385. The van der Waals surface area contributed by atoms with Crippen LogP contribution in [-0.2, 0) is 0 Å². The maximum absolute atomic E-state index is 12.3. The number of nitrogens with zero attached hydrogens (tertiary/aromatic N) is 2. The normalized spacial score (nSPS) is 13.8. The van der Waals surface area contributed by atoms with Crippen molar-refractivity contribution in [2.24, 2.45) is 11.7 Å². The van der Waals surface area contributed by atoms with Crippen LogP contribution in [0.3, 0.4) is 0 Å². The van der Waals surface area contributed by atoms with Crippen LogP contribution in [0.1, 0.15) is 37.6 Å². The Morgan fingerprint density at radius 1 is 1.62 bits per heavy atom.